The standard InChI is InChI=1S/C26H25NO6/c1-4-27-25(31)15-7-6-14-16(22(15)26(27)32)11-17-23(19(29)9-12(2)24(17)30)21(14)13-5-8-20(33-3)18(28)10-13/h5-6,8-10,15-16,21-22,28H,4,7,11H2,1-3H3/t15-,16+,21-,22-/m0/s1. The Labute approximate surface area is 191 Å². The molecule has 1 aromatic rings. The molecule has 0 spiro atoms. The van der Waals surface area contributed by atoms with E-state index in [1.807, 2.05) is 6.08 Å². The van der Waals surface area contributed by atoms with E-state index in [0.717, 1.165) is 5.57 Å². The zero-order valence-electron chi connectivity index (χ0n) is 18.8. The van der Waals surface area contributed by atoms with E-state index in [1.165, 1.54) is 18.1 Å². The molecule has 4 aliphatic rings. The number of benzene rings is 1. The van der Waals surface area contributed by atoms with Crippen molar-refractivity contribution in [2.45, 2.75) is 32.6 Å². The third kappa shape index (κ3) is 2.95. The summed E-state index contributed by atoms with van der Waals surface area (Å²) in [5, 5.41) is 10.4. The number of fused-ring (bicyclic) bond motifs is 3. The molecule has 3 aliphatic carbocycles. The third-order valence-corrected chi connectivity index (χ3v) is 7.51. The van der Waals surface area contributed by atoms with Crippen LogP contribution < -0.4 is 4.74 Å². The van der Waals surface area contributed by atoms with E-state index in [0.29, 0.717) is 41.0 Å². The van der Waals surface area contributed by atoms with Gasteiger partial charge in [0.1, 0.15) is 0 Å². The smallest absolute Gasteiger partial charge is 0.233 e. The van der Waals surface area contributed by atoms with Crippen molar-refractivity contribution in [2.75, 3.05) is 13.7 Å². The van der Waals surface area contributed by atoms with E-state index >= 15 is 0 Å². The van der Waals surface area contributed by atoms with Crippen LogP contribution in [0.5, 0.6) is 11.5 Å². The predicted octanol–water partition coefficient (Wildman–Crippen LogP) is 2.85. The van der Waals surface area contributed by atoms with Crippen LogP contribution >= 0.6 is 0 Å². The van der Waals surface area contributed by atoms with Gasteiger partial charge in [-0.25, -0.2) is 0 Å². The van der Waals surface area contributed by atoms with E-state index in [4.69, 9.17) is 4.74 Å². The van der Waals surface area contributed by atoms with Gasteiger partial charge < -0.3 is 9.84 Å². The summed E-state index contributed by atoms with van der Waals surface area (Å²) < 4.78 is 5.16. The molecule has 1 N–H and O–H groups in total. The van der Waals surface area contributed by atoms with Crippen LogP contribution in [0.15, 0.2) is 52.6 Å². The fourth-order valence-corrected chi connectivity index (χ4v) is 6.02. The zero-order valence-corrected chi connectivity index (χ0v) is 18.8. The van der Waals surface area contributed by atoms with Crippen molar-refractivity contribution < 1.29 is 29.0 Å². The molecule has 7 nitrogen and oxygen atoms in total. The average Bonchev–Trinajstić information content (AvgIpc) is 3.05. The van der Waals surface area contributed by atoms with Crippen molar-refractivity contribution >= 4 is 23.4 Å². The van der Waals surface area contributed by atoms with Gasteiger partial charge in [0.25, 0.3) is 0 Å². The third-order valence-electron chi connectivity index (χ3n) is 7.51. The number of ether oxygens (including phenoxy) is 1. The molecule has 0 aromatic heterocycles. The number of aromatic hydroxyl groups is 1. The number of methoxy groups -OCH3 is 1. The number of rotatable bonds is 3. The number of ketones is 2. The second-order valence-corrected chi connectivity index (χ2v) is 9.08. The molecule has 0 bridgehead atoms. The van der Waals surface area contributed by atoms with Gasteiger partial charge in [0.15, 0.2) is 23.1 Å². The lowest BCUT2D eigenvalue weighted by atomic mass is 9.59. The minimum atomic E-state index is -0.573. The molecule has 0 unspecified atom stereocenters. The second-order valence-electron chi connectivity index (χ2n) is 9.08. The first-order chi connectivity index (χ1) is 15.8. The summed E-state index contributed by atoms with van der Waals surface area (Å²) in [6.07, 6.45) is 4.01. The van der Waals surface area contributed by atoms with Crippen molar-refractivity contribution in [1.29, 1.82) is 0 Å². The van der Waals surface area contributed by atoms with Gasteiger partial charge in [0.2, 0.25) is 11.8 Å². The molecule has 1 heterocycles. The molecule has 33 heavy (non-hydrogen) atoms. The monoisotopic (exact) mass is 447 g/mol. The molecule has 1 aliphatic heterocycles. The minimum Gasteiger partial charge on any atom is -0.504 e. The predicted molar refractivity (Wildman–Crippen MR) is 118 cm³/mol. The van der Waals surface area contributed by atoms with Crippen molar-refractivity contribution in [3.05, 3.63) is 58.2 Å². The molecule has 5 rings (SSSR count). The Bertz CT molecular complexity index is 1220. The minimum absolute atomic E-state index is 0.0702. The van der Waals surface area contributed by atoms with E-state index in [1.54, 1.807) is 32.0 Å². The summed E-state index contributed by atoms with van der Waals surface area (Å²) in [7, 11) is 1.45. The Morgan fingerprint density at radius 1 is 1.12 bits per heavy atom. The summed E-state index contributed by atoms with van der Waals surface area (Å²) in [6, 6.07) is 4.94. The number of nitrogens with zero attached hydrogens (tertiary/aromatic N) is 1. The number of hydrogen-bond acceptors (Lipinski definition) is 6. The Morgan fingerprint density at radius 3 is 2.55 bits per heavy atom. The number of phenolic OH excluding ortho intramolecular Hbond substituents is 1. The van der Waals surface area contributed by atoms with Crippen LogP contribution in [0.1, 0.15) is 38.2 Å². The zero-order chi connectivity index (χ0) is 23.6. The molecule has 2 amide bonds. The first-order valence-corrected chi connectivity index (χ1v) is 11.2. The van der Waals surface area contributed by atoms with Gasteiger partial charge in [-0.2, -0.15) is 0 Å². The quantitative estimate of drug-likeness (QED) is 0.434. The van der Waals surface area contributed by atoms with Gasteiger partial charge in [0.05, 0.1) is 18.9 Å². The van der Waals surface area contributed by atoms with Crippen LogP contribution in [0, 0.1) is 17.8 Å². The maximum atomic E-state index is 13.2. The fourth-order valence-electron chi connectivity index (χ4n) is 6.02. The largest absolute Gasteiger partial charge is 0.504 e. The van der Waals surface area contributed by atoms with Gasteiger partial charge in [-0.15, -0.1) is 0 Å². The number of hydrogen-bond donors (Lipinski definition) is 1. The molecule has 7 heteroatoms. The van der Waals surface area contributed by atoms with Crippen molar-refractivity contribution in [2.24, 2.45) is 17.8 Å². The molecule has 0 saturated carbocycles. The molecule has 1 fully saturated rings. The molecule has 1 saturated heterocycles. The molecular weight excluding hydrogens is 422 g/mol. The Hall–Kier alpha value is -3.48. The fraction of sp³-hybridized carbons (Fsp3) is 0.385. The topological polar surface area (TPSA) is 101 Å². The molecule has 0 radical (unpaired) electrons. The van der Waals surface area contributed by atoms with Gasteiger partial charge in [-0.05, 0) is 56.4 Å². The average molecular weight is 447 g/mol. The maximum Gasteiger partial charge on any atom is 0.233 e. The van der Waals surface area contributed by atoms with E-state index in [2.05, 4.69) is 0 Å². The maximum absolute atomic E-state index is 13.2. The summed E-state index contributed by atoms with van der Waals surface area (Å²) in [5.74, 6) is -2.48. The number of carbonyl (C=O) groups is 4. The Balaban J connectivity index is 1.70. The molecule has 4 atom stereocenters. The lowest BCUT2D eigenvalue weighted by Gasteiger charge is -2.42. The number of Topliss-reactive ketones (excluding diaryl/α,β-unsaturated/α-hetero) is 1. The van der Waals surface area contributed by atoms with E-state index < -0.39 is 17.8 Å². The van der Waals surface area contributed by atoms with Crippen LogP contribution in [0.3, 0.4) is 0 Å². The summed E-state index contributed by atoms with van der Waals surface area (Å²) in [4.78, 5) is 53.7. The molecule has 1 aromatic carbocycles. The number of likely N-dealkylation sites (tertiary alicyclic amines) is 1. The number of phenols is 1. The van der Waals surface area contributed by atoms with E-state index in [9.17, 15) is 24.3 Å². The highest BCUT2D eigenvalue weighted by atomic mass is 16.5. The van der Waals surface area contributed by atoms with Crippen LogP contribution in [-0.4, -0.2) is 47.0 Å². The Morgan fingerprint density at radius 2 is 1.88 bits per heavy atom. The first-order valence-electron chi connectivity index (χ1n) is 11.2. The highest BCUT2D eigenvalue weighted by molar-refractivity contribution is 6.23. The van der Waals surface area contributed by atoms with Crippen LogP contribution in [0.4, 0.5) is 0 Å². The van der Waals surface area contributed by atoms with Crippen molar-refractivity contribution in [3.63, 3.8) is 0 Å². The van der Waals surface area contributed by atoms with Crippen LogP contribution in [0.25, 0.3) is 0 Å². The Kier molecular flexibility index (Phi) is 4.88. The van der Waals surface area contributed by atoms with E-state index in [-0.39, 0.29) is 41.5 Å². The highest BCUT2D eigenvalue weighted by Crippen LogP contribution is 2.55. The van der Waals surface area contributed by atoms with Gasteiger partial charge in [-0.1, -0.05) is 17.7 Å². The lowest BCUT2D eigenvalue weighted by Crippen LogP contribution is -2.39. The summed E-state index contributed by atoms with van der Waals surface area (Å²) in [5.41, 5.74) is 2.71. The molecule has 170 valence electrons. The number of amides is 2. The van der Waals surface area contributed by atoms with Gasteiger partial charge >= 0.3 is 0 Å². The number of allylic oxidation sites excluding steroid dienone is 6. The molecular formula is C26H25NO6. The van der Waals surface area contributed by atoms with Gasteiger partial charge in [-0.3, -0.25) is 24.1 Å². The summed E-state index contributed by atoms with van der Waals surface area (Å²) >= 11 is 0. The number of carbonyl (C=O) groups excluding carboxylic acids is 4. The second kappa shape index (κ2) is 7.54. The lowest BCUT2D eigenvalue weighted by molar-refractivity contribution is -0.139. The number of imide groups is 1. The normalized spacial score (nSPS) is 28.9. The summed E-state index contributed by atoms with van der Waals surface area (Å²) in [6.45, 7) is 3.72. The van der Waals surface area contributed by atoms with Crippen LogP contribution in [-0.2, 0) is 19.2 Å². The van der Waals surface area contributed by atoms with Crippen molar-refractivity contribution in [3.8, 4) is 11.5 Å². The van der Waals surface area contributed by atoms with Gasteiger partial charge in [0, 0.05) is 29.2 Å². The van der Waals surface area contributed by atoms with Crippen molar-refractivity contribution in [1.82, 2.24) is 4.90 Å². The SMILES string of the molecule is CCN1C(=O)[C@H]2[C@H](CC=C3[C@H](c4ccc(OC)c(O)c4)C4=C(C[C@H]32)C(=O)C(C)=CC4=O)C1=O. The first kappa shape index (κ1) is 21.4. The highest BCUT2D eigenvalue weighted by Gasteiger charge is 2.55. The van der Waals surface area contributed by atoms with Crippen LogP contribution in [0.2, 0.25) is 0 Å².